The first-order valence-electron chi connectivity index (χ1n) is 11.4. The van der Waals surface area contributed by atoms with Crippen LogP contribution in [0.3, 0.4) is 0 Å². The number of carbonyl (C=O) groups excluding carboxylic acids is 2. The maximum Gasteiger partial charge on any atom is 0.225 e. The predicted octanol–water partition coefficient (Wildman–Crippen LogP) is 3.18. The van der Waals surface area contributed by atoms with E-state index in [0.717, 1.165) is 42.3 Å². The van der Waals surface area contributed by atoms with Gasteiger partial charge in [0.2, 0.25) is 11.8 Å². The molecule has 0 saturated carbocycles. The number of carbonyl (C=O) groups is 2. The summed E-state index contributed by atoms with van der Waals surface area (Å²) < 4.78 is 11.0. The number of hydrogen-bond acceptors (Lipinski definition) is 5. The van der Waals surface area contributed by atoms with Gasteiger partial charge >= 0.3 is 0 Å². The van der Waals surface area contributed by atoms with Gasteiger partial charge in [0.15, 0.2) is 0 Å². The number of ether oxygens (including phenoxy) is 2. The molecule has 2 heterocycles. The van der Waals surface area contributed by atoms with Crippen molar-refractivity contribution in [2.45, 2.75) is 19.4 Å². The zero-order valence-corrected chi connectivity index (χ0v) is 19.3. The highest BCUT2D eigenvalue weighted by molar-refractivity contribution is 5.82. The van der Waals surface area contributed by atoms with Crippen LogP contribution in [0.1, 0.15) is 30.5 Å². The molecule has 2 amide bonds. The first kappa shape index (κ1) is 22.9. The minimum absolute atomic E-state index is 0.0553. The molecule has 7 heteroatoms. The highest BCUT2D eigenvalue weighted by Gasteiger charge is 2.30. The summed E-state index contributed by atoms with van der Waals surface area (Å²) in [4.78, 5) is 31.2. The van der Waals surface area contributed by atoms with Gasteiger partial charge in [-0.1, -0.05) is 24.3 Å². The van der Waals surface area contributed by atoms with E-state index in [9.17, 15) is 9.59 Å². The third-order valence-corrected chi connectivity index (χ3v) is 6.30. The van der Waals surface area contributed by atoms with Crippen LogP contribution in [-0.2, 0) is 9.59 Å². The number of rotatable bonds is 7. The molecule has 1 fully saturated rings. The molecule has 1 unspecified atom stereocenters. The lowest BCUT2D eigenvalue weighted by molar-refractivity contribution is -0.136. The second-order valence-corrected chi connectivity index (χ2v) is 8.34. The molecular weight excluding hydrogens is 418 g/mol. The van der Waals surface area contributed by atoms with Gasteiger partial charge in [0.05, 0.1) is 19.6 Å². The Labute approximate surface area is 195 Å². The number of nitrogens with zero attached hydrogens (tertiary/aromatic N) is 3. The fourth-order valence-corrected chi connectivity index (χ4v) is 4.39. The maximum absolute atomic E-state index is 13.1. The van der Waals surface area contributed by atoms with Gasteiger partial charge in [-0.3, -0.25) is 14.5 Å². The minimum Gasteiger partial charge on any atom is -0.497 e. The van der Waals surface area contributed by atoms with Gasteiger partial charge in [0.25, 0.3) is 0 Å². The van der Waals surface area contributed by atoms with Crippen molar-refractivity contribution in [2.75, 3.05) is 46.4 Å². The Balaban J connectivity index is 1.26. The van der Waals surface area contributed by atoms with E-state index in [-0.39, 0.29) is 17.9 Å². The zero-order valence-electron chi connectivity index (χ0n) is 19.3. The zero-order chi connectivity index (χ0) is 23.2. The van der Waals surface area contributed by atoms with E-state index in [1.54, 1.807) is 25.1 Å². The van der Waals surface area contributed by atoms with Crippen molar-refractivity contribution in [3.63, 3.8) is 0 Å². The normalized spacial score (nSPS) is 18.1. The molecule has 0 aromatic heterocycles. The van der Waals surface area contributed by atoms with Crippen LogP contribution >= 0.6 is 0 Å². The first-order chi connectivity index (χ1) is 16.0. The molecule has 0 bridgehead atoms. The topological polar surface area (TPSA) is 62.3 Å². The molecule has 2 aromatic carbocycles. The summed E-state index contributed by atoms with van der Waals surface area (Å²) >= 11 is 0. The lowest BCUT2D eigenvalue weighted by Gasteiger charge is -2.37. The monoisotopic (exact) mass is 449 g/mol. The van der Waals surface area contributed by atoms with Gasteiger partial charge in [-0.25, -0.2) is 0 Å². The molecule has 7 nitrogen and oxygen atoms in total. The average molecular weight is 450 g/mol. The molecule has 0 aliphatic carbocycles. The quantitative estimate of drug-likeness (QED) is 0.650. The summed E-state index contributed by atoms with van der Waals surface area (Å²) in [6, 6.07) is 15.3. The Hall–Kier alpha value is -3.32. The lowest BCUT2D eigenvalue weighted by atomic mass is 9.93. The van der Waals surface area contributed by atoms with Gasteiger partial charge in [-0.05, 0) is 41.5 Å². The number of hydrogen-bond donors (Lipinski definition) is 0. The molecular formula is C26H31N3O4. The Kier molecular flexibility index (Phi) is 7.29. The van der Waals surface area contributed by atoms with Crippen molar-refractivity contribution in [1.29, 1.82) is 0 Å². The Morgan fingerprint density at radius 1 is 0.970 bits per heavy atom. The van der Waals surface area contributed by atoms with Crippen LogP contribution in [0.4, 0.5) is 0 Å². The third kappa shape index (κ3) is 5.54. The summed E-state index contributed by atoms with van der Waals surface area (Å²) in [5.41, 5.74) is 2.09. The van der Waals surface area contributed by atoms with Crippen molar-refractivity contribution >= 4 is 17.9 Å². The van der Waals surface area contributed by atoms with Crippen molar-refractivity contribution in [3.8, 4) is 11.5 Å². The van der Waals surface area contributed by atoms with Gasteiger partial charge in [0, 0.05) is 45.8 Å². The second kappa shape index (κ2) is 10.5. The standard InChI is InChI=1S/C26H31N3O4/c1-20(30)29-12-11-21-5-3-4-6-24(21)25(29)19-26(31)28-15-13-27(14-16-28)17-18-33-23-9-7-22(32-2)8-10-23/h3-12,25H,13-19H2,1-2H3. The Morgan fingerprint density at radius 3 is 2.36 bits per heavy atom. The molecule has 174 valence electrons. The van der Waals surface area contributed by atoms with E-state index in [0.29, 0.717) is 26.1 Å². The minimum atomic E-state index is -0.257. The molecule has 0 N–H and O–H groups in total. The summed E-state index contributed by atoms with van der Waals surface area (Å²) in [5, 5.41) is 0. The highest BCUT2D eigenvalue weighted by Crippen LogP contribution is 2.33. The van der Waals surface area contributed by atoms with E-state index in [4.69, 9.17) is 9.47 Å². The fraction of sp³-hybridized carbons (Fsp3) is 0.385. The van der Waals surface area contributed by atoms with E-state index in [1.165, 1.54) is 0 Å². The molecule has 2 aliphatic rings. The van der Waals surface area contributed by atoms with Crippen LogP contribution in [0.15, 0.2) is 54.7 Å². The molecule has 0 spiro atoms. The van der Waals surface area contributed by atoms with Crippen molar-refractivity contribution in [3.05, 3.63) is 65.9 Å². The van der Waals surface area contributed by atoms with Gasteiger partial charge < -0.3 is 19.3 Å². The molecule has 4 rings (SSSR count). The largest absolute Gasteiger partial charge is 0.497 e. The molecule has 1 saturated heterocycles. The van der Waals surface area contributed by atoms with Crippen molar-refractivity contribution in [2.24, 2.45) is 0 Å². The molecule has 33 heavy (non-hydrogen) atoms. The van der Waals surface area contributed by atoms with Gasteiger partial charge in [-0.15, -0.1) is 0 Å². The average Bonchev–Trinajstić information content (AvgIpc) is 2.85. The van der Waals surface area contributed by atoms with Crippen LogP contribution in [0.2, 0.25) is 0 Å². The first-order valence-corrected chi connectivity index (χ1v) is 11.4. The molecule has 2 aliphatic heterocycles. The molecule has 1 atom stereocenters. The van der Waals surface area contributed by atoms with Crippen LogP contribution in [0.25, 0.3) is 6.08 Å². The van der Waals surface area contributed by atoms with Crippen molar-refractivity contribution in [1.82, 2.24) is 14.7 Å². The number of benzene rings is 2. The predicted molar refractivity (Wildman–Crippen MR) is 127 cm³/mol. The van der Waals surface area contributed by atoms with Crippen molar-refractivity contribution < 1.29 is 19.1 Å². The number of methoxy groups -OCH3 is 1. The van der Waals surface area contributed by atoms with Gasteiger partial charge in [-0.2, -0.15) is 0 Å². The van der Waals surface area contributed by atoms with Crippen LogP contribution < -0.4 is 9.47 Å². The van der Waals surface area contributed by atoms with Gasteiger partial charge in [0.1, 0.15) is 18.1 Å². The SMILES string of the molecule is COc1ccc(OCCN2CCN(C(=O)CC3c4ccccc4C=CN3C(C)=O)CC2)cc1. The van der Waals surface area contributed by atoms with Crippen LogP contribution in [-0.4, -0.2) is 73.0 Å². The van der Waals surface area contributed by atoms with E-state index in [2.05, 4.69) is 4.90 Å². The van der Waals surface area contributed by atoms with Crippen LogP contribution in [0, 0.1) is 0 Å². The molecule has 0 radical (unpaired) electrons. The smallest absolute Gasteiger partial charge is 0.225 e. The van der Waals surface area contributed by atoms with E-state index < -0.39 is 0 Å². The maximum atomic E-state index is 13.1. The van der Waals surface area contributed by atoms with Crippen LogP contribution in [0.5, 0.6) is 11.5 Å². The lowest BCUT2D eigenvalue weighted by Crippen LogP contribution is -2.50. The third-order valence-electron chi connectivity index (χ3n) is 6.30. The number of amides is 2. The summed E-state index contributed by atoms with van der Waals surface area (Å²) in [7, 11) is 1.64. The summed E-state index contributed by atoms with van der Waals surface area (Å²) in [5.74, 6) is 1.66. The van der Waals surface area contributed by atoms with E-state index >= 15 is 0 Å². The summed E-state index contributed by atoms with van der Waals surface area (Å²) in [6.45, 7) is 5.95. The Morgan fingerprint density at radius 2 is 1.67 bits per heavy atom. The highest BCUT2D eigenvalue weighted by atomic mass is 16.5. The Bertz CT molecular complexity index is 997. The summed E-state index contributed by atoms with van der Waals surface area (Å²) in [6.07, 6.45) is 4.02. The fourth-order valence-electron chi connectivity index (χ4n) is 4.39. The molecule has 2 aromatic rings. The second-order valence-electron chi connectivity index (χ2n) is 8.34. The number of fused-ring (bicyclic) bond motifs is 1. The van der Waals surface area contributed by atoms with E-state index in [1.807, 2.05) is 59.5 Å². The number of piperazine rings is 1.